The van der Waals surface area contributed by atoms with Crippen LogP contribution in [-0.2, 0) is 21.5 Å². The van der Waals surface area contributed by atoms with E-state index < -0.39 is 0 Å². The fourth-order valence-electron chi connectivity index (χ4n) is 4.94. The molecule has 5 rings (SSSR count). The van der Waals surface area contributed by atoms with Gasteiger partial charge in [0.1, 0.15) is 18.1 Å². The Morgan fingerprint density at radius 1 is 1.10 bits per heavy atom. The fraction of sp³-hybridized carbons (Fsp3) is 0.323. The van der Waals surface area contributed by atoms with E-state index in [2.05, 4.69) is 57.3 Å². The molecule has 0 bridgehead atoms. The Bertz CT molecular complexity index is 1500. The zero-order chi connectivity index (χ0) is 27.7. The summed E-state index contributed by atoms with van der Waals surface area (Å²) in [6.07, 6.45) is 1.57. The van der Waals surface area contributed by atoms with Crippen LogP contribution in [-0.4, -0.2) is 33.9 Å². The van der Waals surface area contributed by atoms with Gasteiger partial charge in [-0.15, -0.1) is 11.8 Å². The van der Waals surface area contributed by atoms with E-state index >= 15 is 0 Å². The van der Waals surface area contributed by atoms with Crippen LogP contribution in [0, 0.1) is 13.8 Å². The van der Waals surface area contributed by atoms with Crippen LogP contribution >= 0.6 is 11.8 Å². The lowest BCUT2D eigenvalue weighted by atomic mass is 9.87. The van der Waals surface area contributed by atoms with Gasteiger partial charge in [-0.2, -0.15) is 5.10 Å². The second kappa shape index (κ2) is 10.8. The maximum atomic E-state index is 13.8. The molecule has 0 radical (unpaired) electrons. The van der Waals surface area contributed by atoms with Crippen molar-refractivity contribution < 1.29 is 14.0 Å². The third kappa shape index (κ3) is 5.52. The van der Waals surface area contributed by atoms with Crippen molar-refractivity contribution in [1.82, 2.24) is 15.1 Å². The number of thioether (sulfide) groups is 1. The molecule has 1 aliphatic rings. The summed E-state index contributed by atoms with van der Waals surface area (Å²) < 4.78 is 7.23. The average Bonchev–Trinajstić information content (AvgIpc) is 3.52. The van der Waals surface area contributed by atoms with Crippen molar-refractivity contribution in [3.63, 3.8) is 0 Å². The van der Waals surface area contributed by atoms with Gasteiger partial charge in [-0.1, -0.05) is 68.8 Å². The number of nitrogens with one attached hydrogen (secondary N) is 1. The topological polar surface area (TPSA) is 80.4 Å². The van der Waals surface area contributed by atoms with Gasteiger partial charge < -0.3 is 9.73 Å². The summed E-state index contributed by atoms with van der Waals surface area (Å²) in [5, 5.41) is 7.96. The number of amides is 2. The number of para-hydroxylation sites is 1. The molecule has 0 saturated heterocycles. The Balaban J connectivity index is 1.69. The molecule has 2 aromatic carbocycles. The lowest BCUT2D eigenvalue weighted by molar-refractivity contribution is -0.123. The van der Waals surface area contributed by atoms with Crippen LogP contribution < -0.4 is 10.2 Å². The Morgan fingerprint density at radius 2 is 1.90 bits per heavy atom. The van der Waals surface area contributed by atoms with Crippen LogP contribution in [0.4, 0.5) is 5.82 Å². The zero-order valence-electron chi connectivity index (χ0n) is 23.0. The molecule has 0 saturated carbocycles. The number of anilines is 1. The maximum Gasteiger partial charge on any atom is 0.240 e. The molecule has 1 aliphatic heterocycles. The van der Waals surface area contributed by atoms with Gasteiger partial charge in [0.15, 0.2) is 0 Å². The summed E-state index contributed by atoms with van der Waals surface area (Å²) in [6.45, 7) is 10.7. The van der Waals surface area contributed by atoms with E-state index in [1.807, 2.05) is 35.9 Å². The van der Waals surface area contributed by atoms with Gasteiger partial charge in [-0.25, -0.2) is 4.68 Å². The second-order valence-corrected chi connectivity index (χ2v) is 12.1. The average molecular weight is 543 g/mol. The van der Waals surface area contributed by atoms with E-state index in [0.29, 0.717) is 11.6 Å². The van der Waals surface area contributed by atoms with Crippen molar-refractivity contribution in [3.05, 3.63) is 101 Å². The van der Waals surface area contributed by atoms with E-state index in [1.54, 1.807) is 35.1 Å². The number of benzene rings is 2. The van der Waals surface area contributed by atoms with Gasteiger partial charge in [-0.05, 0) is 43.2 Å². The van der Waals surface area contributed by atoms with Crippen molar-refractivity contribution in [3.8, 4) is 5.69 Å². The Kier molecular flexibility index (Phi) is 7.40. The largest absolute Gasteiger partial charge is 0.467 e. The molecule has 8 heteroatoms. The quantitative estimate of drug-likeness (QED) is 0.330. The number of carbonyl (C=O) groups excluding carboxylic acids is 2. The number of aryl methyl sites for hydroxylation is 2. The third-order valence-corrected chi connectivity index (χ3v) is 8.08. The molecule has 4 aromatic rings. The highest BCUT2D eigenvalue weighted by atomic mass is 32.2. The zero-order valence-corrected chi connectivity index (χ0v) is 23.8. The Morgan fingerprint density at radius 3 is 2.59 bits per heavy atom. The number of fused-ring (bicyclic) bond motifs is 1. The van der Waals surface area contributed by atoms with Crippen LogP contribution in [0.5, 0.6) is 0 Å². The van der Waals surface area contributed by atoms with Gasteiger partial charge >= 0.3 is 0 Å². The molecular weight excluding hydrogens is 508 g/mol. The first-order chi connectivity index (χ1) is 18.6. The number of carbonyl (C=O) groups is 2. The van der Waals surface area contributed by atoms with Crippen molar-refractivity contribution >= 4 is 29.4 Å². The minimum Gasteiger partial charge on any atom is -0.467 e. The highest BCUT2D eigenvalue weighted by Crippen LogP contribution is 2.48. The normalized spacial score (nSPS) is 15.7. The first-order valence-electron chi connectivity index (χ1n) is 13.1. The van der Waals surface area contributed by atoms with Crippen LogP contribution in [0.3, 0.4) is 0 Å². The molecule has 1 atom stereocenters. The summed E-state index contributed by atoms with van der Waals surface area (Å²) in [5.74, 6) is 1.17. The lowest BCUT2D eigenvalue weighted by Gasteiger charge is -2.25. The minimum absolute atomic E-state index is 0.116. The van der Waals surface area contributed by atoms with E-state index in [4.69, 9.17) is 9.52 Å². The summed E-state index contributed by atoms with van der Waals surface area (Å²) in [7, 11) is 0. The predicted molar refractivity (Wildman–Crippen MR) is 155 cm³/mol. The van der Waals surface area contributed by atoms with Gasteiger partial charge in [-0.3, -0.25) is 14.5 Å². The lowest BCUT2D eigenvalue weighted by Crippen LogP contribution is -2.42. The van der Waals surface area contributed by atoms with Gasteiger partial charge in [0.25, 0.3) is 0 Å². The predicted octanol–water partition coefficient (Wildman–Crippen LogP) is 5.87. The molecule has 39 heavy (non-hydrogen) atoms. The number of furan rings is 1. The summed E-state index contributed by atoms with van der Waals surface area (Å²) >= 11 is 1.59. The van der Waals surface area contributed by atoms with Crippen LogP contribution in [0.25, 0.3) is 5.69 Å². The molecule has 2 amide bonds. The van der Waals surface area contributed by atoms with Crippen LogP contribution in [0.1, 0.15) is 59.7 Å². The first-order valence-corrected chi connectivity index (χ1v) is 14.2. The van der Waals surface area contributed by atoms with Gasteiger partial charge in [0, 0.05) is 11.0 Å². The van der Waals surface area contributed by atoms with E-state index in [-0.39, 0.29) is 41.3 Å². The third-order valence-electron chi connectivity index (χ3n) is 6.83. The number of nitrogens with zero attached hydrogens (tertiary/aromatic N) is 3. The Hall–Kier alpha value is -3.78. The highest BCUT2D eigenvalue weighted by molar-refractivity contribution is 8.00. The number of hydrogen-bond donors (Lipinski definition) is 1. The monoisotopic (exact) mass is 542 g/mol. The summed E-state index contributed by atoms with van der Waals surface area (Å²) in [4.78, 5) is 28.6. The standard InChI is InChI=1S/C31H34N4O3S/c1-20-10-8-12-22(16-20)28-27-29(31(3,4)5)33-35(24-14-7-6-11-21(24)2)30(27)34(26(37)19-39-28)18-25(36)32-17-23-13-9-15-38-23/h6-16,28H,17-19H2,1-5H3,(H,32,36). The molecule has 0 fully saturated rings. The van der Waals surface area contributed by atoms with Crippen molar-refractivity contribution in [1.29, 1.82) is 0 Å². The number of aromatic nitrogens is 2. The SMILES string of the molecule is Cc1cccc(C2SCC(=O)N(CC(=O)NCc3ccco3)c3c2c(C(C)(C)C)nn3-c2ccccc2C)c1. The maximum absolute atomic E-state index is 13.8. The summed E-state index contributed by atoms with van der Waals surface area (Å²) in [5.41, 5.74) is 5.77. The van der Waals surface area contributed by atoms with Gasteiger partial charge in [0.05, 0.1) is 35.2 Å². The molecule has 3 heterocycles. The molecule has 0 spiro atoms. The van der Waals surface area contributed by atoms with Crippen molar-refractivity contribution in [2.45, 2.75) is 51.8 Å². The number of rotatable bonds is 6. The molecule has 7 nitrogen and oxygen atoms in total. The minimum atomic E-state index is -0.304. The first kappa shape index (κ1) is 26.8. The van der Waals surface area contributed by atoms with E-state index in [0.717, 1.165) is 33.6 Å². The highest BCUT2D eigenvalue weighted by Gasteiger charge is 2.40. The molecule has 1 N–H and O–H groups in total. The van der Waals surface area contributed by atoms with Crippen molar-refractivity contribution in [2.75, 3.05) is 17.2 Å². The number of hydrogen-bond acceptors (Lipinski definition) is 5. The molecule has 1 unspecified atom stereocenters. The van der Waals surface area contributed by atoms with Crippen LogP contribution in [0.15, 0.2) is 71.3 Å². The van der Waals surface area contributed by atoms with Gasteiger partial charge in [0.2, 0.25) is 11.8 Å². The Labute approximate surface area is 233 Å². The van der Waals surface area contributed by atoms with E-state index in [1.165, 1.54) is 0 Å². The molecule has 2 aromatic heterocycles. The summed E-state index contributed by atoms with van der Waals surface area (Å²) in [6, 6.07) is 20.0. The van der Waals surface area contributed by atoms with Crippen molar-refractivity contribution in [2.24, 2.45) is 0 Å². The molecule has 0 aliphatic carbocycles. The van der Waals surface area contributed by atoms with E-state index in [9.17, 15) is 9.59 Å². The fourth-order valence-corrected chi connectivity index (χ4v) is 6.12. The molecule has 202 valence electrons. The molecular formula is C31H34N4O3S. The van der Waals surface area contributed by atoms with Crippen LogP contribution in [0.2, 0.25) is 0 Å². The second-order valence-electron chi connectivity index (χ2n) is 11.0. The smallest absolute Gasteiger partial charge is 0.240 e.